The van der Waals surface area contributed by atoms with Gasteiger partial charge in [0, 0.05) is 35.0 Å². The Morgan fingerprint density at radius 2 is 1.71 bits per heavy atom. The minimum absolute atomic E-state index is 0.0810. The number of benzene rings is 3. The van der Waals surface area contributed by atoms with E-state index in [0.717, 1.165) is 10.2 Å². The summed E-state index contributed by atoms with van der Waals surface area (Å²) in [6, 6.07) is 17.4. The fourth-order valence-corrected chi connectivity index (χ4v) is 5.71. The first-order valence-electron chi connectivity index (χ1n) is 10.0. The molecule has 0 saturated carbocycles. The van der Waals surface area contributed by atoms with Gasteiger partial charge in [-0.05, 0) is 66.7 Å². The monoisotopic (exact) mass is 535 g/mol. The Morgan fingerprint density at radius 3 is 2.38 bits per heavy atom. The van der Waals surface area contributed by atoms with Crippen molar-refractivity contribution >= 4 is 66.4 Å². The molecular weight excluding hydrogens is 517 g/mol. The van der Waals surface area contributed by atoms with Crippen LogP contribution in [0.4, 0.5) is 5.69 Å². The lowest BCUT2D eigenvalue weighted by Gasteiger charge is -2.08. The van der Waals surface area contributed by atoms with Crippen LogP contribution in [0.25, 0.3) is 10.2 Å². The van der Waals surface area contributed by atoms with E-state index in [0.29, 0.717) is 39.2 Å². The molecule has 1 aromatic heterocycles. The van der Waals surface area contributed by atoms with E-state index in [4.69, 9.17) is 27.9 Å². The number of carbonyl (C=O) groups excluding carboxylic acids is 1. The summed E-state index contributed by atoms with van der Waals surface area (Å²) in [5.74, 6) is -0.448. The fraction of sp³-hybridized carbons (Fsp3) is 0.130. The Kier molecular flexibility index (Phi) is 7.39. The Balaban J connectivity index is 1.59. The molecule has 1 heterocycles. The number of hydrogen-bond donors (Lipinski definition) is 1. The average molecular weight is 536 g/mol. The largest absolute Gasteiger partial charge is 0.383 e. The molecule has 0 aliphatic heterocycles. The molecule has 0 fully saturated rings. The van der Waals surface area contributed by atoms with Gasteiger partial charge in [-0.3, -0.25) is 9.52 Å². The van der Waals surface area contributed by atoms with Gasteiger partial charge in [0.15, 0.2) is 4.80 Å². The summed E-state index contributed by atoms with van der Waals surface area (Å²) >= 11 is 13.3. The molecule has 0 radical (unpaired) electrons. The van der Waals surface area contributed by atoms with Crippen molar-refractivity contribution in [1.29, 1.82) is 0 Å². The minimum Gasteiger partial charge on any atom is -0.383 e. The van der Waals surface area contributed by atoms with E-state index < -0.39 is 15.9 Å². The number of hydrogen-bond acceptors (Lipinski definition) is 5. The van der Waals surface area contributed by atoms with Gasteiger partial charge in [0.1, 0.15) is 0 Å². The number of anilines is 1. The van der Waals surface area contributed by atoms with Gasteiger partial charge in [0.05, 0.1) is 21.7 Å². The molecule has 0 saturated heterocycles. The van der Waals surface area contributed by atoms with Crippen molar-refractivity contribution < 1.29 is 17.9 Å². The molecule has 0 aliphatic rings. The third kappa shape index (κ3) is 5.51. The molecule has 11 heteroatoms. The molecule has 0 aliphatic carbocycles. The molecule has 3 aromatic carbocycles. The zero-order valence-corrected chi connectivity index (χ0v) is 21.0. The maximum absolute atomic E-state index is 12.9. The van der Waals surface area contributed by atoms with Crippen LogP contribution in [0.15, 0.2) is 76.6 Å². The van der Waals surface area contributed by atoms with E-state index >= 15 is 0 Å². The van der Waals surface area contributed by atoms with Crippen LogP contribution in [0.1, 0.15) is 10.4 Å². The van der Waals surface area contributed by atoms with E-state index in [1.807, 2.05) is 16.7 Å². The van der Waals surface area contributed by atoms with Gasteiger partial charge in [-0.25, -0.2) is 8.42 Å². The number of ether oxygens (including phenoxy) is 1. The maximum atomic E-state index is 12.9. The first-order valence-corrected chi connectivity index (χ1v) is 13.1. The molecule has 1 amide bonds. The van der Waals surface area contributed by atoms with Gasteiger partial charge < -0.3 is 9.30 Å². The summed E-state index contributed by atoms with van der Waals surface area (Å²) in [5, 5.41) is 1.04. The summed E-state index contributed by atoms with van der Waals surface area (Å²) in [6.07, 6.45) is 0. The van der Waals surface area contributed by atoms with E-state index in [-0.39, 0.29) is 4.90 Å². The summed E-state index contributed by atoms with van der Waals surface area (Å²) in [5.41, 5.74) is 1.55. The third-order valence-corrected chi connectivity index (χ3v) is 7.79. The van der Waals surface area contributed by atoms with Crippen molar-refractivity contribution in [2.75, 3.05) is 18.4 Å². The topological polar surface area (TPSA) is 89.8 Å². The molecule has 0 spiro atoms. The quantitative estimate of drug-likeness (QED) is 0.352. The second-order valence-electron chi connectivity index (χ2n) is 7.19. The molecular formula is C23H19Cl2N3O4S2. The summed E-state index contributed by atoms with van der Waals surface area (Å²) < 4.78 is 35.6. The van der Waals surface area contributed by atoms with Gasteiger partial charge in [-0.1, -0.05) is 34.5 Å². The number of aromatic nitrogens is 1. The second-order valence-corrected chi connectivity index (χ2v) is 10.8. The first-order chi connectivity index (χ1) is 16.3. The highest BCUT2D eigenvalue weighted by Gasteiger charge is 2.15. The van der Waals surface area contributed by atoms with Crippen LogP contribution in [0.2, 0.25) is 10.0 Å². The first kappa shape index (κ1) is 24.4. The molecule has 176 valence electrons. The highest BCUT2D eigenvalue weighted by atomic mass is 35.5. The smallest absolute Gasteiger partial charge is 0.279 e. The van der Waals surface area contributed by atoms with E-state index in [2.05, 4.69) is 9.71 Å². The number of carbonyl (C=O) groups is 1. The van der Waals surface area contributed by atoms with Crippen molar-refractivity contribution in [1.82, 2.24) is 4.57 Å². The highest BCUT2D eigenvalue weighted by Crippen LogP contribution is 2.22. The Labute approximate surface area is 210 Å². The lowest BCUT2D eigenvalue weighted by atomic mass is 10.2. The number of sulfonamides is 1. The number of fused-ring (bicyclic) bond motifs is 1. The summed E-state index contributed by atoms with van der Waals surface area (Å²) in [7, 11) is -2.18. The summed E-state index contributed by atoms with van der Waals surface area (Å²) in [6.45, 7) is 0.980. The Morgan fingerprint density at radius 1 is 1.03 bits per heavy atom. The number of methoxy groups -OCH3 is 1. The standard InChI is InChI=1S/C23H19Cl2N3O4S2/c1-32-13-12-28-20-11-6-17(25)14-21(20)33-23(28)26-22(29)15-2-7-18(8-3-15)27-34(30,31)19-9-4-16(24)5-10-19/h2-11,14,27H,12-13H2,1H3. The molecule has 1 N–H and O–H groups in total. The molecule has 0 unspecified atom stereocenters. The molecule has 0 bridgehead atoms. The van der Waals surface area contributed by atoms with Crippen molar-refractivity contribution in [2.24, 2.45) is 4.99 Å². The summed E-state index contributed by atoms with van der Waals surface area (Å²) in [4.78, 5) is 17.8. The number of nitrogens with one attached hydrogen (secondary N) is 1. The SMILES string of the molecule is COCCn1c(=NC(=O)c2ccc(NS(=O)(=O)c3ccc(Cl)cc3)cc2)sc2cc(Cl)ccc21. The van der Waals surface area contributed by atoms with Crippen LogP contribution in [-0.4, -0.2) is 32.6 Å². The van der Waals surface area contributed by atoms with Crippen LogP contribution < -0.4 is 9.52 Å². The van der Waals surface area contributed by atoms with Crippen LogP contribution >= 0.6 is 34.5 Å². The number of thiazole rings is 1. The number of amides is 1. The van der Waals surface area contributed by atoms with Crippen LogP contribution in [0.3, 0.4) is 0 Å². The minimum atomic E-state index is -3.79. The zero-order chi connectivity index (χ0) is 24.3. The van der Waals surface area contributed by atoms with E-state index in [9.17, 15) is 13.2 Å². The van der Waals surface area contributed by atoms with E-state index in [1.54, 1.807) is 13.2 Å². The van der Waals surface area contributed by atoms with Crippen LogP contribution in [0.5, 0.6) is 0 Å². The van der Waals surface area contributed by atoms with Gasteiger partial charge in [-0.2, -0.15) is 4.99 Å². The zero-order valence-electron chi connectivity index (χ0n) is 17.9. The van der Waals surface area contributed by atoms with Gasteiger partial charge in [-0.15, -0.1) is 0 Å². The normalized spacial score (nSPS) is 12.3. The van der Waals surface area contributed by atoms with Crippen molar-refractivity contribution in [2.45, 2.75) is 11.4 Å². The number of nitrogens with zero attached hydrogens (tertiary/aromatic N) is 2. The Hall–Kier alpha value is -2.69. The predicted octanol–water partition coefficient (Wildman–Crippen LogP) is 5.20. The Bertz CT molecular complexity index is 1510. The van der Waals surface area contributed by atoms with Crippen LogP contribution in [-0.2, 0) is 21.3 Å². The molecule has 4 aromatic rings. The number of halogens is 2. The van der Waals surface area contributed by atoms with Gasteiger partial charge >= 0.3 is 0 Å². The van der Waals surface area contributed by atoms with Crippen LogP contribution in [0, 0.1) is 0 Å². The lowest BCUT2D eigenvalue weighted by Crippen LogP contribution is -2.19. The molecule has 0 atom stereocenters. The van der Waals surface area contributed by atoms with Gasteiger partial charge in [0.25, 0.3) is 15.9 Å². The fourth-order valence-electron chi connectivity index (χ4n) is 3.19. The molecule has 4 rings (SSSR count). The molecule has 7 nitrogen and oxygen atoms in total. The predicted molar refractivity (Wildman–Crippen MR) is 135 cm³/mol. The second kappa shape index (κ2) is 10.3. The van der Waals surface area contributed by atoms with Gasteiger partial charge in [0.2, 0.25) is 0 Å². The average Bonchev–Trinajstić information content (AvgIpc) is 3.13. The van der Waals surface area contributed by atoms with Crippen molar-refractivity contribution in [3.05, 3.63) is 87.1 Å². The highest BCUT2D eigenvalue weighted by molar-refractivity contribution is 7.92. The van der Waals surface area contributed by atoms with E-state index in [1.165, 1.54) is 59.9 Å². The molecule has 34 heavy (non-hydrogen) atoms. The number of rotatable bonds is 7. The lowest BCUT2D eigenvalue weighted by molar-refractivity contribution is 0.0997. The van der Waals surface area contributed by atoms with Crippen molar-refractivity contribution in [3.8, 4) is 0 Å². The maximum Gasteiger partial charge on any atom is 0.279 e. The van der Waals surface area contributed by atoms with Crippen molar-refractivity contribution in [3.63, 3.8) is 0 Å². The third-order valence-electron chi connectivity index (χ3n) is 4.87.